The number of rotatable bonds is 1. The van der Waals surface area contributed by atoms with Crippen LogP contribution in [-0.2, 0) is 11.3 Å². The van der Waals surface area contributed by atoms with Gasteiger partial charge in [0, 0.05) is 0 Å². The van der Waals surface area contributed by atoms with Gasteiger partial charge in [0.1, 0.15) is 5.60 Å². The molecule has 0 saturated heterocycles. The van der Waals surface area contributed by atoms with Crippen LogP contribution in [0.1, 0.15) is 51.2 Å². The number of carbonyl (C=O) groups excluding carboxylic acids is 1. The minimum absolute atomic E-state index is 0.0431. The van der Waals surface area contributed by atoms with Crippen molar-refractivity contribution in [2.24, 2.45) is 5.92 Å². The third-order valence-electron chi connectivity index (χ3n) is 2.93. The molecule has 1 aliphatic rings. The Bertz CT molecular complexity index is 491. The van der Waals surface area contributed by atoms with Gasteiger partial charge in [-0.3, -0.25) is 4.90 Å². The van der Waals surface area contributed by atoms with Gasteiger partial charge in [0.05, 0.1) is 23.2 Å². The van der Waals surface area contributed by atoms with E-state index < -0.39 is 5.60 Å². The molecule has 1 aliphatic heterocycles. The summed E-state index contributed by atoms with van der Waals surface area (Å²) in [4.78, 5) is 19.5. The van der Waals surface area contributed by atoms with Crippen LogP contribution >= 0.6 is 11.3 Å². The van der Waals surface area contributed by atoms with Crippen LogP contribution in [0.5, 0.6) is 0 Å². The Labute approximate surface area is 117 Å². The summed E-state index contributed by atoms with van der Waals surface area (Å²) in [5.74, 6) is 0.273. The molecule has 1 aromatic heterocycles. The van der Waals surface area contributed by atoms with Crippen LogP contribution in [0, 0.1) is 5.92 Å². The molecule has 0 aliphatic carbocycles. The highest BCUT2D eigenvalue weighted by Crippen LogP contribution is 2.42. The Morgan fingerprint density at radius 1 is 1.53 bits per heavy atom. The van der Waals surface area contributed by atoms with Crippen molar-refractivity contribution < 1.29 is 9.53 Å². The summed E-state index contributed by atoms with van der Waals surface area (Å²) < 4.78 is 5.47. The smallest absolute Gasteiger partial charge is 0.411 e. The number of ether oxygens (including phenoxy) is 1. The largest absolute Gasteiger partial charge is 0.444 e. The van der Waals surface area contributed by atoms with E-state index in [9.17, 15) is 4.79 Å². The maximum absolute atomic E-state index is 12.3. The van der Waals surface area contributed by atoms with Gasteiger partial charge in [-0.2, -0.15) is 0 Å². The molecule has 1 atom stereocenters. The molecule has 2 N–H and O–H groups in total. The van der Waals surface area contributed by atoms with Crippen molar-refractivity contribution in [1.29, 1.82) is 0 Å². The van der Waals surface area contributed by atoms with Gasteiger partial charge in [-0.15, -0.1) is 11.3 Å². The van der Waals surface area contributed by atoms with Crippen LogP contribution in [-0.4, -0.2) is 21.6 Å². The average Bonchev–Trinajstić information content (AvgIpc) is 2.69. The number of aromatic nitrogens is 1. The molecule has 19 heavy (non-hydrogen) atoms. The van der Waals surface area contributed by atoms with E-state index in [1.54, 1.807) is 4.90 Å². The van der Waals surface area contributed by atoms with Gasteiger partial charge in [0.2, 0.25) is 0 Å². The van der Waals surface area contributed by atoms with E-state index in [4.69, 9.17) is 10.5 Å². The summed E-state index contributed by atoms with van der Waals surface area (Å²) in [5.41, 5.74) is 6.20. The Morgan fingerprint density at radius 3 is 2.68 bits per heavy atom. The maximum Gasteiger partial charge on any atom is 0.411 e. The maximum atomic E-state index is 12.3. The summed E-state index contributed by atoms with van der Waals surface area (Å²) in [5, 5.41) is 0.569. The van der Waals surface area contributed by atoms with E-state index in [1.807, 2.05) is 20.8 Å². The number of thiazole rings is 1. The molecule has 0 radical (unpaired) electrons. The average molecular weight is 283 g/mol. The first-order chi connectivity index (χ1) is 8.69. The van der Waals surface area contributed by atoms with Crippen LogP contribution < -0.4 is 5.73 Å². The Kier molecular flexibility index (Phi) is 3.47. The molecule has 5 nitrogen and oxygen atoms in total. The van der Waals surface area contributed by atoms with Crippen LogP contribution in [0.2, 0.25) is 0 Å². The standard InChI is InChI=1S/C13H21N3O2S/c1-7(2)10-9-8(19-11(14)15-9)6-16(10)12(17)18-13(3,4)5/h7,10H,6H2,1-5H3,(H2,14,15). The Hall–Kier alpha value is -1.30. The van der Waals surface area contributed by atoms with E-state index in [-0.39, 0.29) is 18.1 Å². The number of fused-ring (bicyclic) bond motifs is 1. The zero-order valence-electron chi connectivity index (χ0n) is 12.1. The quantitative estimate of drug-likeness (QED) is 0.859. The van der Waals surface area contributed by atoms with Crippen LogP contribution in [0.3, 0.4) is 0 Å². The molecule has 2 heterocycles. The van der Waals surface area contributed by atoms with E-state index in [2.05, 4.69) is 18.8 Å². The first-order valence-corrected chi connectivity index (χ1v) is 7.25. The predicted octanol–water partition coefficient (Wildman–Crippen LogP) is 3.17. The molecule has 1 aromatic rings. The number of hydrogen-bond acceptors (Lipinski definition) is 5. The lowest BCUT2D eigenvalue weighted by molar-refractivity contribution is 0.0124. The number of anilines is 1. The lowest BCUT2D eigenvalue weighted by atomic mass is 10.0. The van der Waals surface area contributed by atoms with Crippen LogP contribution in [0.15, 0.2) is 0 Å². The first kappa shape index (κ1) is 14.1. The van der Waals surface area contributed by atoms with Crippen molar-refractivity contribution in [2.45, 2.75) is 52.8 Å². The molecule has 1 amide bonds. The highest BCUT2D eigenvalue weighted by molar-refractivity contribution is 7.15. The highest BCUT2D eigenvalue weighted by atomic mass is 32.1. The summed E-state index contributed by atoms with van der Waals surface area (Å²) in [7, 11) is 0. The second-order valence-electron chi connectivity index (χ2n) is 6.16. The van der Waals surface area contributed by atoms with E-state index >= 15 is 0 Å². The minimum atomic E-state index is -0.485. The number of nitrogens with two attached hydrogens (primary N) is 1. The van der Waals surface area contributed by atoms with Crippen molar-refractivity contribution in [3.8, 4) is 0 Å². The van der Waals surface area contributed by atoms with E-state index in [0.29, 0.717) is 11.7 Å². The van der Waals surface area contributed by atoms with Gasteiger partial charge in [-0.05, 0) is 26.7 Å². The van der Waals surface area contributed by atoms with E-state index in [1.165, 1.54) is 11.3 Å². The second kappa shape index (κ2) is 4.67. The molecule has 0 bridgehead atoms. The number of carbonyl (C=O) groups is 1. The van der Waals surface area contributed by atoms with Crippen molar-refractivity contribution >= 4 is 22.6 Å². The van der Waals surface area contributed by atoms with Crippen molar-refractivity contribution in [3.05, 3.63) is 10.6 Å². The highest BCUT2D eigenvalue weighted by Gasteiger charge is 2.40. The zero-order valence-corrected chi connectivity index (χ0v) is 12.9. The predicted molar refractivity (Wildman–Crippen MR) is 75.9 cm³/mol. The third kappa shape index (κ3) is 2.83. The monoisotopic (exact) mass is 283 g/mol. The summed E-state index contributed by atoms with van der Waals surface area (Å²) in [6.07, 6.45) is -0.282. The minimum Gasteiger partial charge on any atom is -0.444 e. The Morgan fingerprint density at radius 2 is 2.16 bits per heavy atom. The third-order valence-corrected chi connectivity index (χ3v) is 3.82. The summed E-state index contributed by atoms with van der Waals surface area (Å²) >= 11 is 1.45. The van der Waals surface area contributed by atoms with Crippen molar-refractivity contribution in [3.63, 3.8) is 0 Å². The van der Waals surface area contributed by atoms with Crippen LogP contribution in [0.4, 0.5) is 9.93 Å². The number of nitrogen functional groups attached to an aromatic ring is 1. The molecule has 0 spiro atoms. The van der Waals surface area contributed by atoms with Gasteiger partial charge in [0.25, 0.3) is 0 Å². The molecule has 0 fully saturated rings. The zero-order chi connectivity index (χ0) is 14.4. The molecule has 2 rings (SSSR count). The topological polar surface area (TPSA) is 68.5 Å². The molecular formula is C13H21N3O2S. The first-order valence-electron chi connectivity index (χ1n) is 6.43. The summed E-state index contributed by atoms with van der Waals surface area (Å²) in [6, 6.07) is -0.0431. The fraction of sp³-hybridized carbons (Fsp3) is 0.692. The number of hydrogen-bond donors (Lipinski definition) is 1. The number of nitrogens with zero attached hydrogens (tertiary/aromatic N) is 2. The van der Waals surface area contributed by atoms with Gasteiger partial charge < -0.3 is 10.5 Å². The molecule has 0 aromatic carbocycles. The molecule has 1 unspecified atom stereocenters. The van der Waals surface area contributed by atoms with Gasteiger partial charge in [-0.1, -0.05) is 13.8 Å². The van der Waals surface area contributed by atoms with Gasteiger partial charge >= 0.3 is 6.09 Å². The van der Waals surface area contributed by atoms with Crippen molar-refractivity contribution in [1.82, 2.24) is 9.88 Å². The van der Waals surface area contributed by atoms with Gasteiger partial charge in [0.15, 0.2) is 5.13 Å². The fourth-order valence-electron chi connectivity index (χ4n) is 2.30. The molecular weight excluding hydrogens is 262 g/mol. The fourth-order valence-corrected chi connectivity index (χ4v) is 3.17. The number of amides is 1. The summed E-state index contributed by atoms with van der Waals surface area (Å²) in [6.45, 7) is 10.3. The van der Waals surface area contributed by atoms with Gasteiger partial charge in [-0.25, -0.2) is 9.78 Å². The lowest BCUT2D eigenvalue weighted by Crippen LogP contribution is -2.37. The molecule has 106 valence electrons. The lowest BCUT2D eigenvalue weighted by Gasteiger charge is -2.30. The normalized spacial score (nSPS) is 18.8. The van der Waals surface area contributed by atoms with Crippen LogP contribution in [0.25, 0.3) is 0 Å². The van der Waals surface area contributed by atoms with Crippen molar-refractivity contribution in [2.75, 3.05) is 5.73 Å². The Balaban J connectivity index is 2.24. The second-order valence-corrected chi connectivity index (χ2v) is 7.27. The molecule has 6 heteroatoms. The SMILES string of the molecule is CC(C)C1c2nc(N)sc2CN1C(=O)OC(C)(C)C. The molecule has 0 saturated carbocycles. The van der Waals surface area contributed by atoms with E-state index in [0.717, 1.165) is 10.6 Å².